The van der Waals surface area contributed by atoms with Crippen molar-refractivity contribution in [3.05, 3.63) is 39.4 Å². The summed E-state index contributed by atoms with van der Waals surface area (Å²) in [5.74, 6) is -0.205. The summed E-state index contributed by atoms with van der Waals surface area (Å²) in [6.07, 6.45) is 2.53. The normalized spacial score (nSPS) is 16.1. The van der Waals surface area contributed by atoms with Crippen LogP contribution in [0.4, 0.5) is 4.39 Å². The van der Waals surface area contributed by atoms with Gasteiger partial charge in [-0.1, -0.05) is 0 Å². The van der Waals surface area contributed by atoms with E-state index in [4.69, 9.17) is 12.2 Å². The zero-order chi connectivity index (χ0) is 13.2. The Morgan fingerprint density at radius 3 is 2.53 bits per heavy atom. The van der Waals surface area contributed by atoms with Gasteiger partial charge in [-0.05, 0) is 68.0 Å². The van der Waals surface area contributed by atoms with Gasteiger partial charge < -0.3 is 4.57 Å². The van der Waals surface area contributed by atoms with Gasteiger partial charge in [0, 0.05) is 5.38 Å². The van der Waals surface area contributed by atoms with Crippen LogP contribution in [0.1, 0.15) is 12.8 Å². The van der Waals surface area contributed by atoms with E-state index in [1.807, 2.05) is 12.1 Å². The number of rotatable bonds is 3. The molecule has 1 saturated heterocycles. The lowest BCUT2D eigenvalue weighted by atomic mass is 10.2. The molecule has 0 aliphatic carbocycles. The molecule has 1 aliphatic heterocycles. The molecular formula is C14H15FN2S2. The summed E-state index contributed by atoms with van der Waals surface area (Å²) in [6.45, 7) is 3.12. The molecule has 0 amide bonds. The molecule has 100 valence electrons. The number of aromatic nitrogens is 1. The fraction of sp³-hybridized carbons (Fsp3) is 0.357. The second-order valence-electron chi connectivity index (χ2n) is 4.79. The van der Waals surface area contributed by atoms with Crippen molar-refractivity contribution in [1.29, 1.82) is 0 Å². The minimum absolute atomic E-state index is 0.205. The fourth-order valence-electron chi connectivity index (χ4n) is 2.43. The van der Waals surface area contributed by atoms with Crippen LogP contribution < -0.4 is 0 Å². The van der Waals surface area contributed by atoms with Crippen molar-refractivity contribution in [2.45, 2.75) is 19.5 Å². The largest absolute Gasteiger partial charge is 0.309 e. The molecule has 0 radical (unpaired) electrons. The minimum atomic E-state index is -0.205. The monoisotopic (exact) mass is 294 g/mol. The van der Waals surface area contributed by atoms with Crippen molar-refractivity contribution in [2.75, 3.05) is 13.1 Å². The van der Waals surface area contributed by atoms with Gasteiger partial charge in [-0.15, -0.1) is 11.3 Å². The molecular weight excluding hydrogens is 279 g/mol. The lowest BCUT2D eigenvalue weighted by Crippen LogP contribution is -2.23. The molecule has 0 N–H and O–H groups in total. The second-order valence-corrected chi connectivity index (χ2v) is 6.29. The zero-order valence-corrected chi connectivity index (χ0v) is 12.1. The van der Waals surface area contributed by atoms with Gasteiger partial charge in [0.15, 0.2) is 3.95 Å². The summed E-state index contributed by atoms with van der Waals surface area (Å²) in [5.41, 5.74) is 2.11. The maximum atomic E-state index is 13.0. The number of likely N-dealkylation sites (tertiary alicyclic amines) is 1. The van der Waals surface area contributed by atoms with Crippen molar-refractivity contribution in [1.82, 2.24) is 9.47 Å². The average Bonchev–Trinajstić information content (AvgIpc) is 3.03. The molecule has 0 saturated carbocycles. The smallest absolute Gasteiger partial charge is 0.162 e. The quantitative estimate of drug-likeness (QED) is 0.786. The molecule has 0 unspecified atom stereocenters. The van der Waals surface area contributed by atoms with Crippen LogP contribution in [0, 0.1) is 9.77 Å². The Labute approximate surface area is 121 Å². The third-order valence-electron chi connectivity index (χ3n) is 3.46. The minimum Gasteiger partial charge on any atom is -0.309 e. The predicted octanol–water partition coefficient (Wildman–Crippen LogP) is 4.14. The summed E-state index contributed by atoms with van der Waals surface area (Å²) >= 11 is 6.98. The molecule has 19 heavy (non-hydrogen) atoms. The number of nitrogens with zero attached hydrogens (tertiary/aromatic N) is 2. The van der Waals surface area contributed by atoms with Gasteiger partial charge in [0.25, 0.3) is 0 Å². The van der Waals surface area contributed by atoms with Crippen molar-refractivity contribution < 1.29 is 4.39 Å². The number of benzene rings is 1. The van der Waals surface area contributed by atoms with E-state index in [0.717, 1.165) is 35.0 Å². The SMILES string of the molecule is Fc1ccc(-c2csc(=S)n2CN2CCCC2)cc1. The summed E-state index contributed by atoms with van der Waals surface area (Å²) in [5, 5.41) is 2.06. The van der Waals surface area contributed by atoms with Crippen LogP contribution in [0.15, 0.2) is 29.6 Å². The first-order valence-electron chi connectivity index (χ1n) is 6.41. The van der Waals surface area contributed by atoms with Gasteiger partial charge in [0.2, 0.25) is 0 Å². The Morgan fingerprint density at radius 1 is 1.16 bits per heavy atom. The molecule has 5 heteroatoms. The standard InChI is InChI=1S/C14H15FN2S2/c15-12-5-3-11(4-6-12)13-9-19-14(18)17(13)10-16-7-1-2-8-16/h3-6,9H,1-2,7-8,10H2. The molecule has 1 aromatic carbocycles. The Bertz CT molecular complexity index is 609. The molecule has 0 atom stereocenters. The van der Waals surface area contributed by atoms with Crippen molar-refractivity contribution in [2.24, 2.45) is 0 Å². The Balaban J connectivity index is 1.93. The number of thiazole rings is 1. The molecule has 2 aromatic rings. The summed E-state index contributed by atoms with van der Waals surface area (Å²) < 4.78 is 16.0. The van der Waals surface area contributed by atoms with E-state index in [-0.39, 0.29) is 5.82 Å². The first-order valence-corrected chi connectivity index (χ1v) is 7.69. The van der Waals surface area contributed by atoms with Crippen molar-refractivity contribution >= 4 is 23.6 Å². The van der Waals surface area contributed by atoms with E-state index < -0.39 is 0 Å². The van der Waals surface area contributed by atoms with E-state index >= 15 is 0 Å². The van der Waals surface area contributed by atoms with Gasteiger partial charge in [-0.3, -0.25) is 4.90 Å². The highest BCUT2D eigenvalue weighted by Gasteiger charge is 2.14. The first kappa shape index (κ1) is 13.0. The molecule has 2 nitrogen and oxygen atoms in total. The van der Waals surface area contributed by atoms with Gasteiger partial charge in [0.05, 0.1) is 12.4 Å². The molecule has 3 rings (SSSR count). The number of hydrogen-bond donors (Lipinski definition) is 0. The second kappa shape index (κ2) is 5.53. The van der Waals surface area contributed by atoms with Gasteiger partial charge in [0.1, 0.15) is 5.82 Å². The number of halogens is 1. The van der Waals surface area contributed by atoms with Gasteiger partial charge in [-0.25, -0.2) is 4.39 Å². The van der Waals surface area contributed by atoms with Crippen LogP contribution in [0.25, 0.3) is 11.3 Å². The van der Waals surface area contributed by atoms with Crippen molar-refractivity contribution in [3.63, 3.8) is 0 Å². The molecule has 1 aromatic heterocycles. The van der Waals surface area contributed by atoms with Crippen LogP contribution in [0.2, 0.25) is 0 Å². The Morgan fingerprint density at radius 2 is 1.84 bits per heavy atom. The summed E-state index contributed by atoms with van der Waals surface area (Å²) in [7, 11) is 0. The molecule has 1 aliphatic rings. The van der Waals surface area contributed by atoms with Crippen LogP contribution in [0.5, 0.6) is 0 Å². The highest BCUT2D eigenvalue weighted by molar-refractivity contribution is 7.73. The predicted molar refractivity (Wildman–Crippen MR) is 79.3 cm³/mol. The average molecular weight is 294 g/mol. The summed E-state index contributed by atoms with van der Waals surface area (Å²) in [6, 6.07) is 6.62. The Kier molecular flexibility index (Phi) is 3.77. The maximum Gasteiger partial charge on any atom is 0.162 e. The van der Waals surface area contributed by atoms with E-state index in [2.05, 4.69) is 14.8 Å². The third kappa shape index (κ3) is 2.78. The van der Waals surface area contributed by atoms with E-state index in [0.29, 0.717) is 0 Å². The number of hydrogen-bond acceptors (Lipinski definition) is 3. The van der Waals surface area contributed by atoms with E-state index in [1.54, 1.807) is 11.3 Å². The van der Waals surface area contributed by atoms with Crippen LogP contribution in [-0.2, 0) is 6.67 Å². The van der Waals surface area contributed by atoms with Gasteiger partial charge >= 0.3 is 0 Å². The zero-order valence-electron chi connectivity index (χ0n) is 10.5. The van der Waals surface area contributed by atoms with Crippen molar-refractivity contribution in [3.8, 4) is 11.3 Å². The van der Waals surface area contributed by atoms with E-state index in [9.17, 15) is 4.39 Å². The van der Waals surface area contributed by atoms with E-state index in [1.165, 1.54) is 25.0 Å². The summed E-state index contributed by atoms with van der Waals surface area (Å²) in [4.78, 5) is 2.41. The molecule has 2 heterocycles. The molecule has 0 bridgehead atoms. The fourth-order valence-corrected chi connectivity index (χ4v) is 3.49. The maximum absolute atomic E-state index is 13.0. The van der Waals surface area contributed by atoms with Gasteiger partial charge in [-0.2, -0.15) is 0 Å². The highest BCUT2D eigenvalue weighted by atomic mass is 32.1. The topological polar surface area (TPSA) is 8.17 Å². The van der Waals surface area contributed by atoms with Crippen LogP contribution >= 0.6 is 23.6 Å². The van der Waals surface area contributed by atoms with Crippen LogP contribution in [0.3, 0.4) is 0 Å². The molecule has 0 spiro atoms. The highest BCUT2D eigenvalue weighted by Crippen LogP contribution is 2.25. The first-order chi connectivity index (χ1) is 9.24. The Hall–Kier alpha value is -1.04. The third-order valence-corrected chi connectivity index (χ3v) is 4.73. The molecule has 1 fully saturated rings. The lowest BCUT2D eigenvalue weighted by Gasteiger charge is -2.17. The van der Waals surface area contributed by atoms with Crippen LogP contribution in [-0.4, -0.2) is 22.6 Å². The lowest BCUT2D eigenvalue weighted by molar-refractivity contribution is 0.271.